The van der Waals surface area contributed by atoms with Crippen molar-refractivity contribution in [2.45, 2.75) is 44.5 Å². The molecule has 112 valence electrons. The number of hydrogen-bond donors (Lipinski definition) is 1. The Labute approximate surface area is 135 Å². The van der Waals surface area contributed by atoms with Crippen molar-refractivity contribution < 1.29 is 5.11 Å². The molecule has 0 amide bonds. The number of hydrogen-bond acceptors (Lipinski definition) is 3. The van der Waals surface area contributed by atoms with Gasteiger partial charge in [0.05, 0.1) is 0 Å². The monoisotopic (exact) mass is 318 g/mol. The number of fused-ring (bicyclic) bond motifs is 1. The van der Waals surface area contributed by atoms with Crippen LogP contribution in [-0.2, 0) is 18.6 Å². The van der Waals surface area contributed by atoms with Gasteiger partial charge in [-0.1, -0.05) is 37.6 Å². The predicted molar refractivity (Wildman–Crippen MR) is 93.3 cm³/mol. The minimum atomic E-state index is -0.467. The summed E-state index contributed by atoms with van der Waals surface area (Å²) in [6.45, 7) is 2.22. The van der Waals surface area contributed by atoms with Crippen molar-refractivity contribution in [2.75, 3.05) is 5.75 Å². The molecule has 0 aliphatic carbocycles. The van der Waals surface area contributed by atoms with Gasteiger partial charge in [-0.05, 0) is 47.8 Å². The lowest BCUT2D eigenvalue weighted by Crippen LogP contribution is -1.97. The first kappa shape index (κ1) is 15.1. The normalized spacial score (nSPS) is 15.7. The van der Waals surface area contributed by atoms with Gasteiger partial charge >= 0.3 is 0 Å². The zero-order chi connectivity index (χ0) is 14.7. The Bertz CT molecular complexity index is 562. The van der Waals surface area contributed by atoms with Crippen LogP contribution in [0.3, 0.4) is 0 Å². The number of rotatable bonds is 5. The van der Waals surface area contributed by atoms with Gasteiger partial charge in [0.2, 0.25) is 0 Å². The van der Waals surface area contributed by atoms with Gasteiger partial charge in [0.1, 0.15) is 6.10 Å². The summed E-state index contributed by atoms with van der Waals surface area (Å²) in [5, 5.41) is 10.6. The first-order valence-corrected chi connectivity index (χ1v) is 9.71. The average molecular weight is 319 g/mol. The molecule has 0 saturated heterocycles. The summed E-state index contributed by atoms with van der Waals surface area (Å²) >= 11 is 3.79. The van der Waals surface area contributed by atoms with E-state index in [0.29, 0.717) is 0 Å². The Kier molecular flexibility index (Phi) is 5.04. The molecule has 0 saturated carbocycles. The molecule has 0 spiro atoms. The molecular weight excluding hydrogens is 296 g/mol. The van der Waals surface area contributed by atoms with Crippen molar-refractivity contribution in [3.8, 4) is 0 Å². The van der Waals surface area contributed by atoms with Crippen LogP contribution in [0.4, 0.5) is 0 Å². The Balaban J connectivity index is 1.75. The fourth-order valence-corrected chi connectivity index (χ4v) is 5.11. The number of unbranched alkanes of at least 4 members (excludes halogenated alkanes) is 1. The fourth-order valence-electron chi connectivity index (χ4n) is 2.72. The van der Waals surface area contributed by atoms with E-state index in [9.17, 15) is 5.11 Å². The zero-order valence-electron chi connectivity index (χ0n) is 12.5. The molecule has 0 fully saturated rings. The molecule has 2 aromatic rings. The van der Waals surface area contributed by atoms with Gasteiger partial charge in [-0.2, -0.15) is 11.8 Å². The highest BCUT2D eigenvalue weighted by atomic mass is 32.2. The molecule has 1 aromatic carbocycles. The van der Waals surface area contributed by atoms with E-state index in [4.69, 9.17) is 0 Å². The number of aliphatic hydroxyl groups excluding tert-OH is 1. The minimum absolute atomic E-state index is 0.467. The van der Waals surface area contributed by atoms with Gasteiger partial charge in [-0.25, -0.2) is 0 Å². The van der Waals surface area contributed by atoms with Crippen LogP contribution in [-0.4, -0.2) is 10.9 Å². The molecule has 1 nitrogen and oxygen atoms in total. The van der Waals surface area contributed by atoms with Crippen molar-refractivity contribution in [1.82, 2.24) is 0 Å². The summed E-state index contributed by atoms with van der Waals surface area (Å²) in [5.41, 5.74) is 3.82. The van der Waals surface area contributed by atoms with Gasteiger partial charge < -0.3 is 5.11 Å². The van der Waals surface area contributed by atoms with Crippen LogP contribution < -0.4 is 0 Å². The standard InChI is InChI=1S/C18H22OS2/c1-2-3-4-13-5-7-14(8-6-13)18(19)17-11-15-12-20-10-9-16(15)21-17/h5-8,11,18-19H,2-4,9-10,12H2,1H3. The summed E-state index contributed by atoms with van der Waals surface area (Å²) in [6, 6.07) is 10.7. The van der Waals surface area contributed by atoms with E-state index < -0.39 is 6.10 Å². The van der Waals surface area contributed by atoms with Crippen LogP contribution in [0.1, 0.15) is 52.3 Å². The first-order valence-electron chi connectivity index (χ1n) is 7.74. The van der Waals surface area contributed by atoms with Crippen LogP contribution >= 0.6 is 23.1 Å². The second kappa shape index (κ2) is 6.99. The van der Waals surface area contributed by atoms with Gasteiger partial charge in [-0.15, -0.1) is 11.3 Å². The molecule has 2 heterocycles. The lowest BCUT2D eigenvalue weighted by atomic mass is 10.0. The van der Waals surface area contributed by atoms with Gasteiger partial charge in [0, 0.05) is 15.5 Å². The molecule has 1 unspecified atom stereocenters. The number of thiophene rings is 1. The van der Waals surface area contributed by atoms with E-state index in [0.717, 1.165) is 29.0 Å². The molecule has 21 heavy (non-hydrogen) atoms. The maximum atomic E-state index is 10.6. The number of aryl methyl sites for hydroxylation is 2. The van der Waals surface area contributed by atoms with E-state index in [1.54, 1.807) is 11.3 Å². The highest BCUT2D eigenvalue weighted by Crippen LogP contribution is 2.36. The first-order chi connectivity index (χ1) is 10.3. The third kappa shape index (κ3) is 3.53. The van der Waals surface area contributed by atoms with Gasteiger partial charge in [0.15, 0.2) is 0 Å². The van der Waals surface area contributed by atoms with Crippen molar-refractivity contribution >= 4 is 23.1 Å². The van der Waals surface area contributed by atoms with Crippen molar-refractivity contribution in [3.05, 3.63) is 56.8 Å². The maximum Gasteiger partial charge on any atom is 0.113 e. The Morgan fingerprint density at radius 2 is 2.05 bits per heavy atom. The molecular formula is C18H22OS2. The zero-order valence-corrected chi connectivity index (χ0v) is 14.1. The molecule has 3 heteroatoms. The summed E-state index contributed by atoms with van der Waals surface area (Å²) in [6.07, 6.45) is 4.29. The van der Waals surface area contributed by atoms with Crippen LogP contribution in [0.2, 0.25) is 0 Å². The largest absolute Gasteiger partial charge is 0.383 e. The highest BCUT2D eigenvalue weighted by Gasteiger charge is 2.18. The second-order valence-corrected chi connectivity index (χ2v) is 7.92. The van der Waals surface area contributed by atoms with E-state index in [2.05, 4.69) is 37.3 Å². The smallest absolute Gasteiger partial charge is 0.113 e. The van der Waals surface area contributed by atoms with Gasteiger partial charge in [0.25, 0.3) is 0 Å². The van der Waals surface area contributed by atoms with E-state index in [-0.39, 0.29) is 0 Å². The summed E-state index contributed by atoms with van der Waals surface area (Å²) in [4.78, 5) is 2.58. The third-order valence-electron chi connectivity index (χ3n) is 4.03. The SMILES string of the molecule is CCCCc1ccc(C(O)c2cc3c(s2)CCSC3)cc1. The molecule has 0 radical (unpaired) electrons. The second-order valence-electron chi connectivity index (χ2n) is 5.65. The van der Waals surface area contributed by atoms with Crippen LogP contribution in [0, 0.1) is 0 Å². The van der Waals surface area contributed by atoms with Crippen LogP contribution in [0.15, 0.2) is 30.3 Å². The number of benzene rings is 1. The molecule has 1 aliphatic heterocycles. The Morgan fingerprint density at radius 1 is 1.24 bits per heavy atom. The third-order valence-corrected chi connectivity index (χ3v) is 6.33. The fraction of sp³-hybridized carbons (Fsp3) is 0.444. The number of aliphatic hydroxyl groups is 1. The predicted octanol–water partition coefficient (Wildman–Crippen LogP) is 4.96. The highest BCUT2D eigenvalue weighted by molar-refractivity contribution is 7.98. The summed E-state index contributed by atoms with van der Waals surface area (Å²) < 4.78 is 0. The summed E-state index contributed by atoms with van der Waals surface area (Å²) in [5.74, 6) is 2.32. The molecule has 1 atom stereocenters. The quantitative estimate of drug-likeness (QED) is 0.840. The lowest BCUT2D eigenvalue weighted by molar-refractivity contribution is 0.224. The Hall–Kier alpha value is -0.770. The lowest BCUT2D eigenvalue weighted by Gasteiger charge is -2.10. The topological polar surface area (TPSA) is 20.2 Å². The van der Waals surface area contributed by atoms with E-state index >= 15 is 0 Å². The number of thioether (sulfide) groups is 1. The Morgan fingerprint density at radius 3 is 2.76 bits per heavy atom. The average Bonchev–Trinajstić information content (AvgIpc) is 2.96. The molecule has 1 N–H and O–H groups in total. The summed E-state index contributed by atoms with van der Waals surface area (Å²) in [7, 11) is 0. The van der Waals surface area contributed by atoms with Crippen molar-refractivity contribution in [2.24, 2.45) is 0 Å². The van der Waals surface area contributed by atoms with Crippen LogP contribution in [0.5, 0.6) is 0 Å². The molecule has 1 aromatic heterocycles. The van der Waals surface area contributed by atoms with Crippen molar-refractivity contribution in [3.63, 3.8) is 0 Å². The van der Waals surface area contributed by atoms with Crippen LogP contribution in [0.25, 0.3) is 0 Å². The minimum Gasteiger partial charge on any atom is -0.383 e. The van der Waals surface area contributed by atoms with Gasteiger partial charge in [-0.3, -0.25) is 0 Å². The van der Waals surface area contributed by atoms with E-state index in [1.165, 1.54) is 34.6 Å². The molecule has 0 bridgehead atoms. The molecule has 3 rings (SSSR count). The maximum absolute atomic E-state index is 10.6. The molecule has 1 aliphatic rings. The van der Waals surface area contributed by atoms with Crippen molar-refractivity contribution in [1.29, 1.82) is 0 Å². The van der Waals surface area contributed by atoms with E-state index in [1.807, 2.05) is 11.8 Å².